The number of ether oxygens (including phenoxy) is 4. The molecule has 0 radical (unpaired) electrons. The molecule has 0 saturated carbocycles. The van der Waals surface area contributed by atoms with Gasteiger partial charge < -0.3 is 65.1 Å². The number of hydrogen-bond donors (Lipinski definition) is 9. The predicted octanol–water partition coefficient (Wildman–Crippen LogP) is 9.55. The average Bonchev–Trinajstić information content (AvgIpc) is 3.40. The summed E-state index contributed by atoms with van der Waals surface area (Å²) in [5.74, 6) is -0.216. The number of carbonyl (C=O) groups excluding carboxylic acids is 1. The Bertz CT molecular complexity index is 1520. The van der Waals surface area contributed by atoms with Crippen LogP contribution in [0, 0.1) is 0 Å². The van der Waals surface area contributed by atoms with Crippen molar-refractivity contribution in [1.82, 2.24) is 5.32 Å². The molecule has 0 aliphatic carbocycles. The number of aliphatic hydroxyl groups excluding tert-OH is 8. The maximum atomic E-state index is 13.1. The number of unbranched alkanes of at least 4 members (excludes halogenated alkanes) is 20. The van der Waals surface area contributed by atoms with Gasteiger partial charge in [0.15, 0.2) is 12.6 Å². The molecule has 1 amide bonds. The first-order valence-electron chi connectivity index (χ1n) is 29.2. The molecular formula is C60H105NO13. The lowest BCUT2D eigenvalue weighted by molar-refractivity contribution is -0.359. The van der Waals surface area contributed by atoms with Crippen LogP contribution in [0.2, 0.25) is 0 Å². The fourth-order valence-corrected chi connectivity index (χ4v) is 9.24. The van der Waals surface area contributed by atoms with Gasteiger partial charge in [-0.1, -0.05) is 209 Å². The molecule has 2 aliphatic heterocycles. The summed E-state index contributed by atoms with van der Waals surface area (Å²) in [5, 5.41) is 86.5. The van der Waals surface area contributed by atoms with Gasteiger partial charge in [0.2, 0.25) is 5.91 Å². The highest BCUT2D eigenvalue weighted by molar-refractivity contribution is 5.76. The van der Waals surface area contributed by atoms with Gasteiger partial charge in [0.25, 0.3) is 0 Å². The first-order valence-corrected chi connectivity index (χ1v) is 29.2. The van der Waals surface area contributed by atoms with Crippen molar-refractivity contribution in [3.05, 3.63) is 72.9 Å². The molecule has 2 rings (SSSR count). The molecule has 428 valence electrons. The van der Waals surface area contributed by atoms with Crippen LogP contribution >= 0.6 is 0 Å². The standard InChI is InChI=1S/C60H105NO13/c1-3-5-7-9-10-11-12-13-14-15-16-17-18-19-20-21-22-23-24-25-26-27-28-29-30-31-32-33-34-35-36-37-38-40-42-44-52(65)61-48(49(64)43-41-39-8-6-4-2)47-71-59-57(70)55(68)58(51(46-63)73-59)74-60-56(69)54(67)53(66)50(45-62)72-60/h5,7,10-11,13-14,16-17,19-20,22-23,48-51,53-60,62-64,66-70H,3-4,6,8-9,12,15,18,21,24-47H2,1-2H3,(H,61,65)/b7-5-,11-10-,14-13-,17-16-,20-19-,23-22-. The predicted molar refractivity (Wildman–Crippen MR) is 295 cm³/mol. The van der Waals surface area contributed by atoms with Crippen molar-refractivity contribution in [2.75, 3.05) is 19.8 Å². The van der Waals surface area contributed by atoms with Gasteiger partial charge in [-0.05, 0) is 64.2 Å². The van der Waals surface area contributed by atoms with Gasteiger partial charge >= 0.3 is 0 Å². The highest BCUT2D eigenvalue weighted by Gasteiger charge is 2.51. The number of rotatable bonds is 45. The fourth-order valence-electron chi connectivity index (χ4n) is 9.24. The van der Waals surface area contributed by atoms with Crippen molar-refractivity contribution in [3.63, 3.8) is 0 Å². The lowest BCUT2D eigenvalue weighted by atomic mass is 9.97. The van der Waals surface area contributed by atoms with Crippen LogP contribution in [0.5, 0.6) is 0 Å². The van der Waals surface area contributed by atoms with Gasteiger partial charge in [-0.3, -0.25) is 4.79 Å². The van der Waals surface area contributed by atoms with E-state index in [1.54, 1.807) is 0 Å². The average molecular weight is 1050 g/mol. The van der Waals surface area contributed by atoms with Crippen LogP contribution in [-0.4, -0.2) is 140 Å². The molecule has 74 heavy (non-hydrogen) atoms. The van der Waals surface area contributed by atoms with E-state index < -0.39 is 86.8 Å². The summed E-state index contributed by atoms with van der Waals surface area (Å²) in [4.78, 5) is 13.1. The molecule has 2 heterocycles. The molecular weight excluding hydrogens is 943 g/mol. The van der Waals surface area contributed by atoms with E-state index in [9.17, 15) is 45.6 Å². The van der Waals surface area contributed by atoms with Crippen molar-refractivity contribution in [2.24, 2.45) is 0 Å². The molecule has 0 aromatic heterocycles. The Hall–Kier alpha value is -2.57. The van der Waals surface area contributed by atoms with Gasteiger partial charge in [0.1, 0.15) is 48.8 Å². The largest absolute Gasteiger partial charge is 0.394 e. The maximum Gasteiger partial charge on any atom is 0.220 e. The van der Waals surface area contributed by atoms with Gasteiger partial charge in [0.05, 0.1) is 32.0 Å². The van der Waals surface area contributed by atoms with Crippen molar-refractivity contribution in [2.45, 2.75) is 280 Å². The highest BCUT2D eigenvalue weighted by atomic mass is 16.7. The number of amides is 1. The van der Waals surface area contributed by atoms with Crippen molar-refractivity contribution >= 4 is 5.91 Å². The molecule has 12 unspecified atom stereocenters. The molecule has 2 saturated heterocycles. The zero-order valence-electron chi connectivity index (χ0n) is 45.8. The Labute approximate surface area is 447 Å². The number of carbonyl (C=O) groups is 1. The quantitative estimate of drug-likeness (QED) is 0.0205. The second-order valence-corrected chi connectivity index (χ2v) is 20.4. The van der Waals surface area contributed by atoms with Crippen LogP contribution < -0.4 is 5.32 Å². The SMILES string of the molecule is CC/C=C\C/C=C\C/C=C\C/C=C\C/C=C\C/C=C\CCCCCCCCCCCCCCCCCCC(=O)NC(COC1OC(CO)C(OC2OC(CO)C(O)C(O)C2O)C(O)C1O)C(O)CCCCCCC. The third-order valence-corrected chi connectivity index (χ3v) is 13.9. The molecule has 2 aliphatic rings. The second kappa shape index (κ2) is 45.4. The van der Waals surface area contributed by atoms with Gasteiger partial charge in [0, 0.05) is 6.42 Å². The fraction of sp³-hybridized carbons (Fsp3) is 0.783. The number of aliphatic hydroxyl groups is 8. The molecule has 9 N–H and O–H groups in total. The van der Waals surface area contributed by atoms with E-state index in [1.807, 2.05) is 0 Å². The lowest BCUT2D eigenvalue weighted by Crippen LogP contribution is -2.65. The Morgan fingerprint density at radius 3 is 1.43 bits per heavy atom. The van der Waals surface area contributed by atoms with E-state index in [1.165, 1.54) is 83.5 Å². The van der Waals surface area contributed by atoms with Crippen LogP contribution in [0.4, 0.5) is 0 Å². The van der Waals surface area contributed by atoms with E-state index in [-0.39, 0.29) is 12.5 Å². The first-order chi connectivity index (χ1) is 36.1. The summed E-state index contributed by atoms with van der Waals surface area (Å²) in [7, 11) is 0. The van der Waals surface area contributed by atoms with Crippen molar-refractivity contribution in [1.29, 1.82) is 0 Å². The van der Waals surface area contributed by atoms with Gasteiger partial charge in [-0.25, -0.2) is 0 Å². The van der Waals surface area contributed by atoms with Gasteiger partial charge in [-0.2, -0.15) is 0 Å². The minimum atomic E-state index is -1.78. The minimum absolute atomic E-state index is 0.216. The molecule has 14 heteroatoms. The van der Waals surface area contributed by atoms with Crippen molar-refractivity contribution < 1.29 is 64.6 Å². The Balaban J connectivity index is 1.53. The van der Waals surface area contributed by atoms with Crippen LogP contribution in [0.3, 0.4) is 0 Å². The van der Waals surface area contributed by atoms with Crippen LogP contribution in [0.15, 0.2) is 72.9 Å². The number of nitrogens with one attached hydrogen (secondary N) is 1. The summed E-state index contributed by atoms with van der Waals surface area (Å²) in [6.45, 7) is 2.63. The first kappa shape index (κ1) is 67.5. The summed E-state index contributed by atoms with van der Waals surface area (Å²) >= 11 is 0. The van der Waals surface area contributed by atoms with Crippen LogP contribution in [-0.2, 0) is 23.7 Å². The lowest BCUT2D eigenvalue weighted by Gasteiger charge is -2.46. The summed E-state index contributed by atoms with van der Waals surface area (Å²) in [6, 6.07) is -0.826. The zero-order valence-corrected chi connectivity index (χ0v) is 45.8. The Morgan fingerprint density at radius 2 is 0.932 bits per heavy atom. The molecule has 2 fully saturated rings. The molecule has 12 atom stereocenters. The second-order valence-electron chi connectivity index (χ2n) is 20.4. The summed E-state index contributed by atoms with van der Waals surface area (Å²) in [5.41, 5.74) is 0. The molecule has 0 aromatic rings. The Kier molecular flexibility index (Phi) is 41.5. The number of hydrogen-bond acceptors (Lipinski definition) is 13. The van der Waals surface area contributed by atoms with E-state index >= 15 is 0 Å². The zero-order chi connectivity index (χ0) is 53.9. The number of allylic oxidation sites excluding steroid dienone is 12. The van der Waals surface area contributed by atoms with Crippen molar-refractivity contribution in [3.8, 4) is 0 Å². The van der Waals surface area contributed by atoms with E-state index in [4.69, 9.17) is 18.9 Å². The van der Waals surface area contributed by atoms with E-state index in [0.29, 0.717) is 12.8 Å². The monoisotopic (exact) mass is 1050 g/mol. The molecule has 0 aromatic carbocycles. The minimum Gasteiger partial charge on any atom is -0.394 e. The summed E-state index contributed by atoms with van der Waals surface area (Å²) < 4.78 is 22.6. The normalized spacial score (nSPS) is 25.8. The topological polar surface area (TPSA) is 228 Å². The van der Waals surface area contributed by atoms with Crippen LogP contribution in [0.25, 0.3) is 0 Å². The third kappa shape index (κ3) is 31.0. The van der Waals surface area contributed by atoms with E-state index in [2.05, 4.69) is 92.1 Å². The highest BCUT2D eigenvalue weighted by Crippen LogP contribution is 2.30. The Morgan fingerprint density at radius 1 is 0.500 bits per heavy atom. The van der Waals surface area contributed by atoms with Crippen LogP contribution in [0.1, 0.15) is 206 Å². The molecule has 0 bridgehead atoms. The smallest absolute Gasteiger partial charge is 0.220 e. The van der Waals surface area contributed by atoms with Gasteiger partial charge in [-0.15, -0.1) is 0 Å². The maximum absolute atomic E-state index is 13.1. The van der Waals surface area contributed by atoms with E-state index in [0.717, 1.165) is 96.3 Å². The molecule has 14 nitrogen and oxygen atoms in total. The summed E-state index contributed by atoms with van der Waals surface area (Å²) in [6.07, 6.45) is 42.8. The molecule has 0 spiro atoms. The third-order valence-electron chi connectivity index (χ3n) is 13.9.